The van der Waals surface area contributed by atoms with E-state index in [0.29, 0.717) is 0 Å². The Labute approximate surface area is 138 Å². The van der Waals surface area contributed by atoms with Gasteiger partial charge in [0.1, 0.15) is 0 Å². The topological polar surface area (TPSA) is 52.0 Å². The Balaban J connectivity index is 0.000000425. The quantitative estimate of drug-likeness (QED) is 0.427. The van der Waals surface area contributed by atoms with Gasteiger partial charge in [-0.25, -0.2) is 0 Å². The molecule has 0 atom stereocenters. The highest BCUT2D eigenvalue weighted by Crippen LogP contribution is 2.13. The summed E-state index contributed by atoms with van der Waals surface area (Å²) < 4.78 is 0. The smallest absolute Gasteiger partial charge is 0.0346 e. The molecule has 0 aliphatic heterocycles. The minimum atomic E-state index is 0.872. The zero-order valence-electron chi connectivity index (χ0n) is 15.2. The van der Waals surface area contributed by atoms with Crippen molar-refractivity contribution in [3.05, 3.63) is 29.3 Å². The van der Waals surface area contributed by atoms with Gasteiger partial charge in [-0.1, -0.05) is 76.8 Å². The van der Waals surface area contributed by atoms with Crippen LogP contribution in [0.15, 0.2) is 18.2 Å². The Morgan fingerprint density at radius 2 is 1.27 bits per heavy atom. The molecule has 0 aliphatic rings. The molecule has 2 heteroatoms. The van der Waals surface area contributed by atoms with Crippen molar-refractivity contribution in [2.24, 2.45) is 5.73 Å². The second kappa shape index (κ2) is 14.9. The van der Waals surface area contributed by atoms with Crippen LogP contribution in [0.25, 0.3) is 0 Å². The molecule has 0 saturated heterocycles. The molecule has 0 heterocycles. The first-order valence-electron chi connectivity index (χ1n) is 9.15. The van der Waals surface area contributed by atoms with Crippen LogP contribution in [0.3, 0.4) is 0 Å². The minimum Gasteiger partial charge on any atom is -0.399 e. The molecule has 2 nitrogen and oxygen atoms in total. The third kappa shape index (κ3) is 11.6. The Morgan fingerprint density at radius 1 is 0.773 bits per heavy atom. The van der Waals surface area contributed by atoms with Crippen molar-refractivity contribution >= 4 is 5.69 Å². The minimum absolute atomic E-state index is 0.872. The van der Waals surface area contributed by atoms with Crippen LogP contribution in [0.2, 0.25) is 0 Å². The first-order chi connectivity index (χ1) is 10.6. The van der Waals surface area contributed by atoms with Crippen LogP contribution in [-0.2, 0) is 0 Å². The molecule has 1 aromatic rings. The second-order valence-electron chi connectivity index (χ2n) is 6.26. The van der Waals surface area contributed by atoms with E-state index >= 15 is 0 Å². The van der Waals surface area contributed by atoms with E-state index in [1.807, 2.05) is 19.1 Å². The van der Waals surface area contributed by atoms with Crippen molar-refractivity contribution in [1.82, 2.24) is 0 Å². The lowest BCUT2D eigenvalue weighted by molar-refractivity contribution is 0.558. The first-order valence-corrected chi connectivity index (χ1v) is 9.15. The lowest BCUT2D eigenvalue weighted by Crippen LogP contribution is -1.97. The first kappa shape index (κ1) is 21.0. The lowest BCUT2D eigenvalue weighted by Gasteiger charge is -2.00. The maximum absolute atomic E-state index is 5.62. The van der Waals surface area contributed by atoms with Gasteiger partial charge < -0.3 is 11.5 Å². The van der Waals surface area contributed by atoms with E-state index < -0.39 is 0 Å². The second-order valence-corrected chi connectivity index (χ2v) is 6.26. The summed E-state index contributed by atoms with van der Waals surface area (Å²) in [6, 6.07) is 5.95. The monoisotopic (exact) mass is 306 g/mol. The highest BCUT2D eigenvalue weighted by Gasteiger charge is 1.93. The molecule has 0 aliphatic carbocycles. The van der Waals surface area contributed by atoms with Crippen LogP contribution in [0, 0.1) is 13.8 Å². The molecule has 0 bridgehead atoms. The molecule has 0 spiro atoms. The maximum atomic E-state index is 5.62. The van der Waals surface area contributed by atoms with Gasteiger partial charge >= 0.3 is 0 Å². The Hall–Kier alpha value is -1.02. The summed E-state index contributed by atoms with van der Waals surface area (Å²) in [5, 5.41) is 0. The summed E-state index contributed by atoms with van der Waals surface area (Å²) in [5.41, 5.74) is 14.4. The van der Waals surface area contributed by atoms with Crippen molar-refractivity contribution in [3.63, 3.8) is 0 Å². The van der Waals surface area contributed by atoms with Crippen molar-refractivity contribution in [1.29, 1.82) is 0 Å². The average Bonchev–Trinajstić information content (AvgIpc) is 2.52. The number of hydrogen-bond donors (Lipinski definition) is 2. The molecule has 4 N–H and O–H groups in total. The van der Waals surface area contributed by atoms with E-state index in [0.717, 1.165) is 12.2 Å². The van der Waals surface area contributed by atoms with Gasteiger partial charge in [0.15, 0.2) is 0 Å². The fraction of sp³-hybridized carbons (Fsp3) is 0.700. The van der Waals surface area contributed by atoms with Crippen LogP contribution in [0.1, 0.15) is 82.3 Å². The normalized spacial score (nSPS) is 10.2. The third-order valence-electron chi connectivity index (χ3n) is 4.20. The number of anilines is 1. The van der Waals surface area contributed by atoms with Gasteiger partial charge in [-0.15, -0.1) is 0 Å². The van der Waals surface area contributed by atoms with Crippen LogP contribution in [0.4, 0.5) is 5.69 Å². The number of benzene rings is 1. The Kier molecular flexibility index (Phi) is 14.2. The zero-order valence-corrected chi connectivity index (χ0v) is 15.2. The number of nitrogens with two attached hydrogens (primary N) is 2. The molecule has 0 radical (unpaired) electrons. The molecule has 1 rings (SSSR count). The summed E-state index contributed by atoms with van der Waals surface area (Å²) in [5.74, 6) is 0. The fourth-order valence-corrected chi connectivity index (χ4v) is 2.41. The molecule has 0 fully saturated rings. The number of nitrogen functional groups attached to an aromatic ring is 1. The van der Waals surface area contributed by atoms with E-state index in [1.165, 1.54) is 75.3 Å². The Bertz CT molecular complexity index is 330. The Morgan fingerprint density at radius 3 is 1.68 bits per heavy atom. The molecular formula is C20H38N2. The van der Waals surface area contributed by atoms with Gasteiger partial charge in [-0.05, 0) is 44.0 Å². The molecule has 0 unspecified atom stereocenters. The fourth-order valence-electron chi connectivity index (χ4n) is 2.41. The molecule has 0 aromatic heterocycles. The molecular weight excluding hydrogens is 268 g/mol. The molecule has 1 aromatic carbocycles. The van der Waals surface area contributed by atoms with Gasteiger partial charge in [-0.2, -0.15) is 0 Å². The standard InChI is InChI=1S/C12H27N.C8H11N/c1-2-3-4-5-6-7-8-9-10-11-12-13;1-6-4-3-5-8(9)7(6)2/h2-13H2,1H3;3-5H,9H2,1-2H3. The van der Waals surface area contributed by atoms with Crippen LogP contribution >= 0.6 is 0 Å². The summed E-state index contributed by atoms with van der Waals surface area (Å²) in [6.45, 7) is 7.24. The highest BCUT2D eigenvalue weighted by molar-refractivity contribution is 5.49. The van der Waals surface area contributed by atoms with Crippen molar-refractivity contribution in [2.75, 3.05) is 12.3 Å². The van der Waals surface area contributed by atoms with Crippen molar-refractivity contribution < 1.29 is 0 Å². The predicted molar refractivity (Wildman–Crippen MR) is 101 cm³/mol. The van der Waals surface area contributed by atoms with Crippen LogP contribution in [-0.4, -0.2) is 6.54 Å². The van der Waals surface area contributed by atoms with E-state index in [2.05, 4.69) is 19.9 Å². The van der Waals surface area contributed by atoms with Crippen molar-refractivity contribution in [2.45, 2.75) is 85.0 Å². The predicted octanol–water partition coefficient (Wildman–Crippen LogP) is 5.75. The van der Waals surface area contributed by atoms with Gasteiger partial charge in [0.05, 0.1) is 0 Å². The van der Waals surface area contributed by atoms with Gasteiger partial charge in [0.2, 0.25) is 0 Å². The van der Waals surface area contributed by atoms with E-state index in [4.69, 9.17) is 11.5 Å². The van der Waals surface area contributed by atoms with Crippen LogP contribution in [0.5, 0.6) is 0 Å². The summed E-state index contributed by atoms with van der Waals surface area (Å²) in [6.07, 6.45) is 13.9. The number of unbranched alkanes of at least 4 members (excludes halogenated alkanes) is 9. The lowest BCUT2D eigenvalue weighted by atomic mass is 10.1. The van der Waals surface area contributed by atoms with E-state index in [1.54, 1.807) is 0 Å². The van der Waals surface area contributed by atoms with Gasteiger partial charge in [-0.3, -0.25) is 0 Å². The summed E-state index contributed by atoms with van der Waals surface area (Å²) >= 11 is 0. The number of hydrogen-bond acceptors (Lipinski definition) is 2. The summed E-state index contributed by atoms with van der Waals surface area (Å²) in [4.78, 5) is 0. The van der Waals surface area contributed by atoms with Crippen LogP contribution < -0.4 is 11.5 Å². The van der Waals surface area contributed by atoms with E-state index in [-0.39, 0.29) is 0 Å². The third-order valence-corrected chi connectivity index (χ3v) is 4.20. The van der Waals surface area contributed by atoms with Gasteiger partial charge in [0.25, 0.3) is 0 Å². The number of aryl methyl sites for hydroxylation is 1. The SMILES string of the molecule is CCCCCCCCCCCCN.Cc1cccc(N)c1C. The maximum Gasteiger partial charge on any atom is 0.0346 e. The highest BCUT2D eigenvalue weighted by atomic mass is 14.5. The molecule has 0 amide bonds. The molecule has 22 heavy (non-hydrogen) atoms. The zero-order chi connectivity index (χ0) is 16.6. The molecule has 128 valence electrons. The number of rotatable bonds is 10. The average molecular weight is 307 g/mol. The summed E-state index contributed by atoms with van der Waals surface area (Å²) in [7, 11) is 0. The van der Waals surface area contributed by atoms with Gasteiger partial charge in [0, 0.05) is 5.69 Å². The van der Waals surface area contributed by atoms with Crippen molar-refractivity contribution in [3.8, 4) is 0 Å². The largest absolute Gasteiger partial charge is 0.399 e. The molecule has 0 saturated carbocycles. The van der Waals surface area contributed by atoms with E-state index in [9.17, 15) is 0 Å².